The monoisotopic (exact) mass is 461 g/mol. The van der Waals surface area contributed by atoms with Crippen molar-refractivity contribution in [3.63, 3.8) is 0 Å². The summed E-state index contributed by atoms with van der Waals surface area (Å²) in [4.78, 5) is 24.7. The molecule has 172 valence electrons. The molecule has 0 saturated heterocycles. The van der Waals surface area contributed by atoms with E-state index >= 15 is 0 Å². The van der Waals surface area contributed by atoms with Crippen molar-refractivity contribution in [3.05, 3.63) is 59.7 Å². The van der Waals surface area contributed by atoms with E-state index in [2.05, 4.69) is 5.32 Å². The van der Waals surface area contributed by atoms with Crippen molar-refractivity contribution in [1.82, 2.24) is 5.32 Å². The van der Waals surface area contributed by atoms with E-state index in [1.165, 1.54) is 31.4 Å². The summed E-state index contributed by atoms with van der Waals surface area (Å²) in [5.41, 5.74) is -0.278. The molecule has 2 atom stereocenters. The van der Waals surface area contributed by atoms with Gasteiger partial charge in [-0.3, -0.25) is 0 Å². The zero-order valence-corrected chi connectivity index (χ0v) is 19.5. The molecule has 9 heteroatoms. The number of ether oxygens (including phenoxy) is 2. The van der Waals surface area contributed by atoms with Gasteiger partial charge in [0.25, 0.3) is 0 Å². The van der Waals surface area contributed by atoms with Crippen LogP contribution in [0.3, 0.4) is 0 Å². The maximum absolute atomic E-state index is 12.5. The molecule has 2 aromatic rings. The Morgan fingerprint density at radius 1 is 1.03 bits per heavy atom. The molecule has 1 N–H and O–H groups in total. The first kappa shape index (κ1) is 23.6. The van der Waals surface area contributed by atoms with E-state index in [0.717, 1.165) is 11.1 Å². The minimum absolute atomic E-state index is 0.0561. The second-order valence-corrected chi connectivity index (χ2v) is 10.3. The van der Waals surface area contributed by atoms with Crippen LogP contribution in [0.5, 0.6) is 5.75 Å². The normalized spacial score (nSPS) is 20.2. The van der Waals surface area contributed by atoms with Crippen molar-refractivity contribution in [2.45, 2.75) is 56.1 Å². The molecule has 0 bridgehead atoms. The van der Waals surface area contributed by atoms with Gasteiger partial charge in [0.2, 0.25) is 0 Å². The quantitative estimate of drug-likeness (QED) is 0.516. The van der Waals surface area contributed by atoms with Gasteiger partial charge < -0.3 is 19.0 Å². The minimum atomic E-state index is -3.97. The average molecular weight is 462 g/mol. The Balaban J connectivity index is 1.74. The molecular weight excluding hydrogens is 434 g/mol. The van der Waals surface area contributed by atoms with E-state index in [-0.39, 0.29) is 16.6 Å². The zero-order chi connectivity index (χ0) is 23.7. The van der Waals surface area contributed by atoms with Crippen LogP contribution in [-0.4, -0.2) is 38.7 Å². The van der Waals surface area contributed by atoms with E-state index in [1.807, 2.05) is 6.92 Å². The van der Waals surface area contributed by atoms with Crippen molar-refractivity contribution in [3.8, 4) is 5.75 Å². The SMILES string of the molecule is COC(=O)C1(NC(=O)OC(C)(C)C)CC1c1ccc(OS(=O)(=O)c2ccc(C)cc2)cc1. The van der Waals surface area contributed by atoms with E-state index in [1.54, 1.807) is 45.0 Å². The molecule has 1 aliphatic carbocycles. The number of esters is 1. The van der Waals surface area contributed by atoms with Crippen LogP contribution in [0.4, 0.5) is 4.79 Å². The lowest BCUT2D eigenvalue weighted by atomic mass is 10.1. The molecule has 32 heavy (non-hydrogen) atoms. The molecule has 0 aliphatic heterocycles. The highest BCUT2D eigenvalue weighted by Gasteiger charge is 2.63. The number of hydrogen-bond acceptors (Lipinski definition) is 7. The third kappa shape index (κ3) is 5.21. The highest BCUT2D eigenvalue weighted by Crippen LogP contribution is 2.52. The molecule has 3 rings (SSSR count). The molecule has 0 aromatic heterocycles. The van der Waals surface area contributed by atoms with Gasteiger partial charge in [0.05, 0.1) is 7.11 Å². The van der Waals surface area contributed by atoms with Gasteiger partial charge in [-0.2, -0.15) is 8.42 Å². The molecule has 2 unspecified atom stereocenters. The Bertz CT molecular complexity index is 1100. The van der Waals surface area contributed by atoms with Crippen LogP contribution in [0.2, 0.25) is 0 Å². The highest BCUT2D eigenvalue weighted by molar-refractivity contribution is 7.87. The lowest BCUT2D eigenvalue weighted by molar-refractivity contribution is -0.144. The van der Waals surface area contributed by atoms with Gasteiger partial charge in [-0.25, -0.2) is 9.59 Å². The molecule has 0 heterocycles. The predicted molar refractivity (Wildman–Crippen MR) is 117 cm³/mol. The van der Waals surface area contributed by atoms with Crippen LogP contribution < -0.4 is 9.50 Å². The number of methoxy groups -OCH3 is 1. The molecule has 1 fully saturated rings. The number of nitrogens with one attached hydrogen (secondary N) is 1. The van der Waals surface area contributed by atoms with Gasteiger partial charge in [-0.15, -0.1) is 0 Å². The minimum Gasteiger partial charge on any atom is -0.467 e. The van der Waals surface area contributed by atoms with Crippen molar-refractivity contribution >= 4 is 22.2 Å². The maximum Gasteiger partial charge on any atom is 0.408 e. The summed E-state index contributed by atoms with van der Waals surface area (Å²) in [5, 5.41) is 2.64. The van der Waals surface area contributed by atoms with Crippen molar-refractivity contribution in [1.29, 1.82) is 0 Å². The number of alkyl carbamates (subject to hydrolysis) is 1. The maximum atomic E-state index is 12.5. The molecule has 1 saturated carbocycles. The van der Waals surface area contributed by atoms with Gasteiger partial charge in [0.15, 0.2) is 0 Å². The van der Waals surface area contributed by atoms with Gasteiger partial charge >= 0.3 is 22.2 Å². The summed E-state index contributed by atoms with van der Waals surface area (Å²) in [5.74, 6) is -0.778. The molecule has 8 nitrogen and oxygen atoms in total. The van der Waals surface area contributed by atoms with Crippen molar-refractivity contribution in [2.75, 3.05) is 7.11 Å². The molecule has 1 amide bonds. The standard InChI is InChI=1S/C23H27NO7S/c1-15-6-12-18(13-7-15)32(27,28)31-17-10-8-16(9-11-17)19-14-23(19,20(25)29-5)24-21(26)30-22(2,3)4/h6-13,19H,14H2,1-5H3,(H,24,26). The van der Waals surface area contributed by atoms with E-state index in [0.29, 0.717) is 6.42 Å². The number of carbonyl (C=O) groups excluding carboxylic acids is 2. The first-order chi connectivity index (χ1) is 14.9. The van der Waals surface area contributed by atoms with Crippen molar-refractivity contribution < 1.29 is 31.7 Å². The van der Waals surface area contributed by atoms with Crippen LogP contribution in [0.15, 0.2) is 53.4 Å². The first-order valence-corrected chi connectivity index (χ1v) is 11.5. The Kier molecular flexibility index (Phi) is 6.24. The zero-order valence-electron chi connectivity index (χ0n) is 18.7. The lowest BCUT2D eigenvalue weighted by Gasteiger charge is -2.23. The third-order valence-corrected chi connectivity index (χ3v) is 6.29. The summed E-state index contributed by atoms with van der Waals surface area (Å²) in [6.45, 7) is 7.04. The Hall–Kier alpha value is -3.07. The molecule has 2 aromatic carbocycles. The topological polar surface area (TPSA) is 108 Å². The summed E-state index contributed by atoms with van der Waals surface area (Å²) in [7, 11) is -2.72. The van der Waals surface area contributed by atoms with Crippen LogP contribution in [0.1, 0.15) is 44.2 Å². The fraction of sp³-hybridized carbons (Fsp3) is 0.391. The van der Waals surface area contributed by atoms with Gasteiger partial charge in [0.1, 0.15) is 21.8 Å². The summed E-state index contributed by atoms with van der Waals surface area (Å²) < 4.78 is 40.3. The Morgan fingerprint density at radius 3 is 2.16 bits per heavy atom. The first-order valence-electron chi connectivity index (χ1n) is 10.1. The molecule has 0 radical (unpaired) electrons. The predicted octanol–water partition coefficient (Wildman–Crippen LogP) is 3.69. The smallest absolute Gasteiger partial charge is 0.408 e. The van der Waals surface area contributed by atoms with Gasteiger partial charge in [0, 0.05) is 5.92 Å². The lowest BCUT2D eigenvalue weighted by Crippen LogP contribution is -2.47. The average Bonchev–Trinajstić information content (AvgIpc) is 3.41. The van der Waals surface area contributed by atoms with E-state index in [9.17, 15) is 18.0 Å². The van der Waals surface area contributed by atoms with Crippen molar-refractivity contribution in [2.24, 2.45) is 0 Å². The number of hydrogen-bond donors (Lipinski definition) is 1. The second-order valence-electron chi connectivity index (χ2n) is 8.77. The van der Waals surface area contributed by atoms with E-state index < -0.39 is 33.3 Å². The Labute approximate surface area is 188 Å². The van der Waals surface area contributed by atoms with Crippen LogP contribution in [0.25, 0.3) is 0 Å². The van der Waals surface area contributed by atoms with Crippen LogP contribution >= 0.6 is 0 Å². The van der Waals surface area contributed by atoms with Gasteiger partial charge in [-0.1, -0.05) is 29.8 Å². The number of amides is 1. The summed E-state index contributed by atoms with van der Waals surface area (Å²) >= 11 is 0. The Morgan fingerprint density at radius 2 is 1.62 bits per heavy atom. The highest BCUT2D eigenvalue weighted by atomic mass is 32.2. The second kappa shape index (κ2) is 8.46. The number of benzene rings is 2. The molecule has 0 spiro atoms. The fourth-order valence-corrected chi connectivity index (χ4v) is 4.31. The summed E-state index contributed by atoms with van der Waals surface area (Å²) in [6, 6.07) is 12.7. The molecule has 1 aliphatic rings. The largest absolute Gasteiger partial charge is 0.467 e. The van der Waals surface area contributed by atoms with Crippen LogP contribution in [-0.2, 0) is 24.4 Å². The number of rotatable bonds is 6. The number of aryl methyl sites for hydroxylation is 1. The van der Waals surface area contributed by atoms with Gasteiger partial charge in [-0.05, 0) is 63.9 Å². The number of carbonyl (C=O) groups is 2. The summed E-state index contributed by atoms with van der Waals surface area (Å²) in [6.07, 6.45) is -0.379. The third-order valence-electron chi connectivity index (χ3n) is 5.03. The fourth-order valence-electron chi connectivity index (χ4n) is 3.38. The van der Waals surface area contributed by atoms with E-state index in [4.69, 9.17) is 13.7 Å². The van der Waals surface area contributed by atoms with Crippen LogP contribution in [0, 0.1) is 6.92 Å². The molecular formula is C23H27NO7S.